The number of aromatic nitrogens is 2. The molecule has 6 nitrogen and oxygen atoms in total. The Labute approximate surface area is 134 Å². The SMILES string of the molecule is COC(=O)c1ccc2c(=O)n(-c3ccc(Cl)cc3)c(=O)[nH]c2c1. The van der Waals surface area contributed by atoms with Gasteiger partial charge in [0.15, 0.2) is 0 Å². The number of carbonyl (C=O) groups excluding carboxylic acids is 1. The molecule has 23 heavy (non-hydrogen) atoms. The smallest absolute Gasteiger partial charge is 0.337 e. The topological polar surface area (TPSA) is 81.2 Å². The molecular weight excluding hydrogens is 320 g/mol. The fourth-order valence-corrected chi connectivity index (χ4v) is 2.41. The van der Waals surface area contributed by atoms with E-state index in [1.165, 1.54) is 25.3 Å². The summed E-state index contributed by atoms with van der Waals surface area (Å²) in [5.41, 5.74) is -0.165. The van der Waals surface area contributed by atoms with Gasteiger partial charge in [-0.3, -0.25) is 4.79 Å². The fourth-order valence-electron chi connectivity index (χ4n) is 2.29. The molecule has 0 saturated carbocycles. The summed E-state index contributed by atoms with van der Waals surface area (Å²) >= 11 is 5.82. The minimum Gasteiger partial charge on any atom is -0.465 e. The van der Waals surface area contributed by atoms with Gasteiger partial charge in [0.05, 0.1) is 29.3 Å². The fraction of sp³-hybridized carbons (Fsp3) is 0.0625. The quantitative estimate of drug-likeness (QED) is 0.730. The lowest BCUT2D eigenvalue weighted by Crippen LogP contribution is -2.33. The molecule has 2 aromatic carbocycles. The third-order valence-corrected chi connectivity index (χ3v) is 3.66. The third-order valence-electron chi connectivity index (χ3n) is 3.40. The first-order chi connectivity index (χ1) is 11.0. The number of methoxy groups -OCH3 is 1. The van der Waals surface area contributed by atoms with Gasteiger partial charge >= 0.3 is 11.7 Å². The molecule has 0 aliphatic heterocycles. The molecule has 1 N–H and O–H groups in total. The largest absolute Gasteiger partial charge is 0.465 e. The number of halogens is 1. The lowest BCUT2D eigenvalue weighted by atomic mass is 10.1. The first-order valence-electron chi connectivity index (χ1n) is 6.64. The summed E-state index contributed by atoms with van der Waals surface area (Å²) in [6.07, 6.45) is 0. The highest BCUT2D eigenvalue weighted by atomic mass is 35.5. The number of carbonyl (C=O) groups is 1. The van der Waals surface area contributed by atoms with E-state index in [0.29, 0.717) is 10.7 Å². The van der Waals surface area contributed by atoms with Crippen LogP contribution in [0.4, 0.5) is 0 Å². The summed E-state index contributed by atoms with van der Waals surface area (Å²) in [4.78, 5) is 39.0. The molecule has 0 spiro atoms. The molecule has 0 saturated heterocycles. The molecule has 1 aromatic heterocycles. The van der Waals surface area contributed by atoms with Gasteiger partial charge in [-0.25, -0.2) is 14.2 Å². The molecule has 116 valence electrons. The lowest BCUT2D eigenvalue weighted by Gasteiger charge is -2.07. The van der Waals surface area contributed by atoms with Gasteiger partial charge in [0.2, 0.25) is 0 Å². The summed E-state index contributed by atoms with van der Waals surface area (Å²) in [6.45, 7) is 0. The predicted octanol–water partition coefficient (Wildman–Crippen LogP) is 2.12. The summed E-state index contributed by atoms with van der Waals surface area (Å²) in [7, 11) is 1.26. The molecule has 3 aromatic rings. The van der Waals surface area contributed by atoms with E-state index in [9.17, 15) is 14.4 Å². The molecule has 0 atom stereocenters. The zero-order chi connectivity index (χ0) is 16.6. The van der Waals surface area contributed by atoms with Crippen molar-refractivity contribution in [3.63, 3.8) is 0 Å². The van der Waals surface area contributed by atoms with Crippen molar-refractivity contribution in [2.75, 3.05) is 7.11 Å². The molecule has 0 aliphatic rings. The molecule has 0 amide bonds. The van der Waals surface area contributed by atoms with Crippen molar-refractivity contribution in [3.05, 3.63) is 73.9 Å². The van der Waals surface area contributed by atoms with Crippen LogP contribution >= 0.6 is 11.6 Å². The first kappa shape index (κ1) is 15.1. The van der Waals surface area contributed by atoms with Gasteiger partial charge in [-0.05, 0) is 42.5 Å². The Morgan fingerprint density at radius 1 is 1.13 bits per heavy atom. The second-order valence-electron chi connectivity index (χ2n) is 4.80. The van der Waals surface area contributed by atoms with Crippen molar-refractivity contribution >= 4 is 28.5 Å². The highest BCUT2D eigenvalue weighted by molar-refractivity contribution is 6.30. The van der Waals surface area contributed by atoms with Gasteiger partial charge in [0.25, 0.3) is 5.56 Å². The number of rotatable bonds is 2. The lowest BCUT2D eigenvalue weighted by molar-refractivity contribution is 0.0601. The number of aromatic amines is 1. The summed E-state index contributed by atoms with van der Waals surface area (Å²) in [5, 5.41) is 0.786. The van der Waals surface area contributed by atoms with Crippen molar-refractivity contribution in [1.82, 2.24) is 9.55 Å². The number of hydrogen-bond donors (Lipinski definition) is 1. The van der Waals surface area contributed by atoms with Crippen molar-refractivity contribution in [1.29, 1.82) is 0 Å². The Kier molecular flexibility index (Phi) is 3.75. The van der Waals surface area contributed by atoms with E-state index in [2.05, 4.69) is 9.72 Å². The Morgan fingerprint density at radius 3 is 2.48 bits per heavy atom. The Balaban J connectivity index is 2.26. The number of ether oxygens (including phenoxy) is 1. The molecule has 0 unspecified atom stereocenters. The maximum Gasteiger partial charge on any atom is 0.337 e. The van der Waals surface area contributed by atoms with Crippen LogP contribution in [0.3, 0.4) is 0 Å². The van der Waals surface area contributed by atoms with Gasteiger partial charge in [-0.15, -0.1) is 0 Å². The number of nitrogens with one attached hydrogen (secondary N) is 1. The van der Waals surface area contributed by atoms with E-state index in [4.69, 9.17) is 11.6 Å². The first-order valence-corrected chi connectivity index (χ1v) is 7.02. The number of esters is 1. The van der Waals surface area contributed by atoms with Crippen LogP contribution in [-0.4, -0.2) is 22.6 Å². The number of hydrogen-bond acceptors (Lipinski definition) is 4. The van der Waals surface area contributed by atoms with E-state index in [0.717, 1.165) is 4.57 Å². The van der Waals surface area contributed by atoms with Gasteiger partial charge < -0.3 is 9.72 Å². The molecule has 0 bridgehead atoms. The van der Waals surface area contributed by atoms with Gasteiger partial charge in [-0.1, -0.05) is 11.6 Å². The van der Waals surface area contributed by atoms with Crippen LogP contribution < -0.4 is 11.2 Å². The Bertz CT molecular complexity index is 1020. The van der Waals surface area contributed by atoms with Crippen LogP contribution in [0.15, 0.2) is 52.1 Å². The number of nitrogens with zero attached hydrogens (tertiary/aromatic N) is 1. The van der Waals surface area contributed by atoms with Crippen LogP contribution in [0, 0.1) is 0 Å². The van der Waals surface area contributed by atoms with E-state index in [-0.39, 0.29) is 16.5 Å². The van der Waals surface area contributed by atoms with Crippen LogP contribution in [0.5, 0.6) is 0 Å². The summed E-state index contributed by atoms with van der Waals surface area (Å²) in [5.74, 6) is -0.547. The monoisotopic (exact) mass is 330 g/mol. The molecule has 0 fully saturated rings. The average molecular weight is 331 g/mol. The van der Waals surface area contributed by atoms with E-state index >= 15 is 0 Å². The molecule has 1 heterocycles. The highest BCUT2D eigenvalue weighted by Crippen LogP contribution is 2.13. The van der Waals surface area contributed by atoms with Gasteiger partial charge in [-0.2, -0.15) is 0 Å². The molecule has 0 aliphatic carbocycles. The molecule has 3 rings (SSSR count). The van der Waals surface area contributed by atoms with E-state index in [1.807, 2.05) is 0 Å². The van der Waals surface area contributed by atoms with Crippen molar-refractivity contribution in [2.45, 2.75) is 0 Å². The summed E-state index contributed by atoms with van der Waals surface area (Å²) in [6, 6.07) is 10.7. The molecule has 0 radical (unpaired) electrons. The normalized spacial score (nSPS) is 10.7. The van der Waals surface area contributed by atoms with Gasteiger partial charge in [0.1, 0.15) is 0 Å². The van der Waals surface area contributed by atoms with E-state index in [1.54, 1.807) is 24.3 Å². The number of benzene rings is 2. The second-order valence-corrected chi connectivity index (χ2v) is 5.24. The maximum absolute atomic E-state index is 12.6. The molecule has 7 heteroatoms. The number of H-pyrrole nitrogens is 1. The van der Waals surface area contributed by atoms with Crippen LogP contribution in [0.2, 0.25) is 5.02 Å². The summed E-state index contributed by atoms with van der Waals surface area (Å²) < 4.78 is 5.63. The van der Waals surface area contributed by atoms with Crippen LogP contribution in [0.1, 0.15) is 10.4 Å². The number of fused-ring (bicyclic) bond motifs is 1. The minimum atomic E-state index is -0.605. The van der Waals surface area contributed by atoms with E-state index < -0.39 is 17.2 Å². The highest BCUT2D eigenvalue weighted by Gasteiger charge is 2.12. The van der Waals surface area contributed by atoms with Crippen molar-refractivity contribution < 1.29 is 9.53 Å². The predicted molar refractivity (Wildman–Crippen MR) is 86.5 cm³/mol. The van der Waals surface area contributed by atoms with Crippen LogP contribution in [0.25, 0.3) is 16.6 Å². The standard InChI is InChI=1S/C16H11ClN2O4/c1-23-15(21)9-2-7-12-13(8-9)18-16(22)19(14(12)20)11-5-3-10(17)4-6-11/h2-8H,1H3,(H,18,22). The zero-order valence-electron chi connectivity index (χ0n) is 12.0. The minimum absolute atomic E-state index is 0.249. The Hall–Kier alpha value is -2.86. The third kappa shape index (κ3) is 2.64. The van der Waals surface area contributed by atoms with Crippen LogP contribution in [-0.2, 0) is 4.74 Å². The second kappa shape index (κ2) is 5.73. The zero-order valence-corrected chi connectivity index (χ0v) is 12.8. The Morgan fingerprint density at radius 2 is 1.83 bits per heavy atom. The average Bonchev–Trinajstić information content (AvgIpc) is 2.55. The molecular formula is C16H11ClN2O4. The van der Waals surface area contributed by atoms with Gasteiger partial charge in [0, 0.05) is 5.02 Å². The van der Waals surface area contributed by atoms with Crippen molar-refractivity contribution in [2.24, 2.45) is 0 Å². The van der Waals surface area contributed by atoms with Crippen molar-refractivity contribution in [3.8, 4) is 5.69 Å². The maximum atomic E-state index is 12.6.